The normalized spacial score (nSPS) is 12.5. The molecule has 0 saturated carbocycles. The maximum atomic E-state index is 9.03. The van der Waals surface area contributed by atoms with Crippen molar-refractivity contribution in [1.29, 1.82) is 0 Å². The molecule has 1 aromatic rings. The van der Waals surface area contributed by atoms with E-state index in [1.807, 2.05) is 12.1 Å². The van der Waals surface area contributed by atoms with Crippen molar-refractivity contribution in [3.63, 3.8) is 0 Å². The van der Waals surface area contributed by atoms with Gasteiger partial charge >= 0.3 is 0 Å². The third-order valence-electron chi connectivity index (χ3n) is 2.36. The second kappa shape index (κ2) is 5.95. The van der Waals surface area contributed by atoms with Crippen molar-refractivity contribution in [2.45, 2.75) is 6.42 Å². The smallest absolute Gasteiger partial charge is 0.120 e. The third kappa shape index (κ3) is 3.38. The van der Waals surface area contributed by atoms with Gasteiger partial charge in [-0.25, -0.2) is 0 Å². The summed E-state index contributed by atoms with van der Waals surface area (Å²) < 4.78 is 5.05. The first-order valence-corrected chi connectivity index (χ1v) is 5.22. The van der Waals surface area contributed by atoms with Gasteiger partial charge in [-0.05, 0) is 36.6 Å². The topological polar surface area (TPSA) is 55.5 Å². The van der Waals surface area contributed by atoms with Crippen LogP contribution in [0.2, 0.25) is 5.02 Å². The predicted octanol–water partition coefficient (Wildman–Crippen LogP) is 1.46. The maximum Gasteiger partial charge on any atom is 0.120 e. The molecule has 4 heteroatoms. The van der Waals surface area contributed by atoms with E-state index in [1.54, 1.807) is 13.2 Å². The van der Waals surface area contributed by atoms with Crippen molar-refractivity contribution in [3.05, 3.63) is 28.8 Å². The number of rotatable bonds is 5. The summed E-state index contributed by atoms with van der Waals surface area (Å²) in [5, 5.41) is 9.69. The minimum absolute atomic E-state index is 0.0656. The van der Waals surface area contributed by atoms with E-state index < -0.39 is 0 Å². The van der Waals surface area contributed by atoms with Crippen molar-refractivity contribution >= 4 is 11.6 Å². The van der Waals surface area contributed by atoms with Crippen LogP contribution in [-0.4, -0.2) is 25.4 Å². The molecule has 3 N–H and O–H groups in total. The van der Waals surface area contributed by atoms with Gasteiger partial charge in [0.2, 0.25) is 0 Å². The lowest BCUT2D eigenvalue weighted by atomic mass is 10.0. The molecule has 0 aliphatic heterocycles. The number of hydrogen-bond acceptors (Lipinski definition) is 3. The Labute approximate surface area is 94.8 Å². The summed E-state index contributed by atoms with van der Waals surface area (Å²) >= 11 is 6.06. The van der Waals surface area contributed by atoms with Gasteiger partial charge < -0.3 is 15.6 Å². The standard InChI is InChI=1S/C11H16ClNO2/c1-15-10-3-2-9(11(12)5-10)4-8(6-13)7-14/h2-3,5,8,14H,4,6-7,13H2,1H3. The highest BCUT2D eigenvalue weighted by molar-refractivity contribution is 6.31. The van der Waals surface area contributed by atoms with E-state index >= 15 is 0 Å². The summed E-state index contributed by atoms with van der Waals surface area (Å²) in [5.74, 6) is 0.799. The second-order valence-corrected chi connectivity index (χ2v) is 3.85. The molecule has 1 aromatic carbocycles. The minimum Gasteiger partial charge on any atom is -0.497 e. The fourth-order valence-corrected chi connectivity index (χ4v) is 1.60. The molecular formula is C11H16ClNO2. The second-order valence-electron chi connectivity index (χ2n) is 3.45. The molecule has 84 valence electrons. The lowest BCUT2D eigenvalue weighted by Gasteiger charge is -2.13. The molecule has 0 aliphatic rings. The van der Waals surface area contributed by atoms with Crippen LogP contribution in [0.3, 0.4) is 0 Å². The molecule has 0 radical (unpaired) electrons. The molecule has 0 amide bonds. The number of ether oxygens (including phenoxy) is 1. The number of aliphatic hydroxyl groups is 1. The Hall–Kier alpha value is -0.770. The van der Waals surface area contributed by atoms with E-state index in [0.717, 1.165) is 11.3 Å². The van der Waals surface area contributed by atoms with E-state index in [4.69, 9.17) is 27.2 Å². The highest BCUT2D eigenvalue weighted by atomic mass is 35.5. The Morgan fingerprint density at radius 1 is 1.53 bits per heavy atom. The van der Waals surface area contributed by atoms with Crippen LogP contribution in [-0.2, 0) is 6.42 Å². The molecule has 0 spiro atoms. The molecule has 0 fully saturated rings. The zero-order valence-electron chi connectivity index (χ0n) is 8.74. The Kier molecular flexibility index (Phi) is 4.88. The van der Waals surface area contributed by atoms with Crippen LogP contribution in [0.5, 0.6) is 5.75 Å². The molecule has 1 rings (SSSR count). The third-order valence-corrected chi connectivity index (χ3v) is 2.71. The van der Waals surface area contributed by atoms with Crippen molar-refractivity contribution < 1.29 is 9.84 Å². The van der Waals surface area contributed by atoms with Crippen LogP contribution < -0.4 is 10.5 Å². The molecular weight excluding hydrogens is 214 g/mol. The van der Waals surface area contributed by atoms with Gasteiger partial charge in [0.25, 0.3) is 0 Å². The summed E-state index contributed by atoms with van der Waals surface area (Å²) in [7, 11) is 1.60. The summed E-state index contributed by atoms with van der Waals surface area (Å²) in [6.07, 6.45) is 0.690. The van der Waals surface area contributed by atoms with E-state index in [1.165, 1.54) is 0 Å². The van der Waals surface area contributed by atoms with E-state index in [-0.39, 0.29) is 12.5 Å². The van der Waals surface area contributed by atoms with Crippen LogP contribution >= 0.6 is 11.6 Å². The highest BCUT2D eigenvalue weighted by Gasteiger charge is 2.09. The van der Waals surface area contributed by atoms with Gasteiger partial charge in [0, 0.05) is 11.6 Å². The van der Waals surface area contributed by atoms with Crippen molar-refractivity contribution in [2.75, 3.05) is 20.3 Å². The quantitative estimate of drug-likeness (QED) is 0.804. The molecule has 15 heavy (non-hydrogen) atoms. The minimum atomic E-state index is 0.0656. The lowest BCUT2D eigenvalue weighted by Crippen LogP contribution is -2.20. The summed E-state index contributed by atoms with van der Waals surface area (Å²) in [4.78, 5) is 0. The Morgan fingerprint density at radius 2 is 2.27 bits per heavy atom. The fraction of sp³-hybridized carbons (Fsp3) is 0.455. The van der Waals surface area contributed by atoms with Gasteiger partial charge in [0.05, 0.1) is 7.11 Å². The van der Waals surface area contributed by atoms with Gasteiger partial charge in [0.1, 0.15) is 5.75 Å². The first kappa shape index (κ1) is 12.3. The molecule has 0 aromatic heterocycles. The Balaban J connectivity index is 2.77. The lowest BCUT2D eigenvalue weighted by molar-refractivity contribution is 0.230. The van der Waals surface area contributed by atoms with E-state index in [9.17, 15) is 0 Å². The summed E-state index contributed by atoms with van der Waals surface area (Å²) in [6, 6.07) is 5.52. The zero-order chi connectivity index (χ0) is 11.3. The van der Waals surface area contributed by atoms with Gasteiger partial charge in [-0.2, -0.15) is 0 Å². The molecule has 0 heterocycles. The van der Waals surface area contributed by atoms with E-state index in [2.05, 4.69) is 0 Å². The summed E-state index contributed by atoms with van der Waals surface area (Å²) in [6.45, 7) is 0.539. The van der Waals surface area contributed by atoms with Crippen molar-refractivity contribution in [3.8, 4) is 5.75 Å². The molecule has 1 atom stereocenters. The van der Waals surface area contributed by atoms with Crippen LogP contribution in [0, 0.1) is 5.92 Å². The monoisotopic (exact) mass is 229 g/mol. The molecule has 0 bridgehead atoms. The number of halogens is 1. The Morgan fingerprint density at radius 3 is 2.73 bits per heavy atom. The number of hydrogen-bond donors (Lipinski definition) is 2. The number of nitrogens with two attached hydrogens (primary N) is 1. The van der Waals surface area contributed by atoms with Gasteiger partial charge in [0.15, 0.2) is 0 Å². The van der Waals surface area contributed by atoms with Crippen LogP contribution in [0.1, 0.15) is 5.56 Å². The summed E-state index contributed by atoms with van der Waals surface area (Å²) in [5.41, 5.74) is 6.50. The Bertz CT molecular complexity index is 313. The van der Waals surface area contributed by atoms with E-state index in [0.29, 0.717) is 18.0 Å². The number of benzene rings is 1. The van der Waals surface area contributed by atoms with Crippen LogP contribution in [0.25, 0.3) is 0 Å². The van der Waals surface area contributed by atoms with Crippen molar-refractivity contribution in [1.82, 2.24) is 0 Å². The van der Waals surface area contributed by atoms with Gasteiger partial charge in [-0.1, -0.05) is 17.7 Å². The highest BCUT2D eigenvalue weighted by Crippen LogP contribution is 2.24. The van der Waals surface area contributed by atoms with Crippen molar-refractivity contribution in [2.24, 2.45) is 11.7 Å². The van der Waals surface area contributed by atoms with Crippen LogP contribution in [0.4, 0.5) is 0 Å². The molecule has 0 aliphatic carbocycles. The average molecular weight is 230 g/mol. The number of methoxy groups -OCH3 is 1. The largest absolute Gasteiger partial charge is 0.497 e. The van der Waals surface area contributed by atoms with Gasteiger partial charge in [-0.3, -0.25) is 0 Å². The van der Waals surface area contributed by atoms with Gasteiger partial charge in [-0.15, -0.1) is 0 Å². The first-order chi connectivity index (χ1) is 7.21. The average Bonchev–Trinajstić information content (AvgIpc) is 2.27. The molecule has 3 nitrogen and oxygen atoms in total. The maximum absolute atomic E-state index is 9.03. The van der Waals surface area contributed by atoms with Crippen LogP contribution in [0.15, 0.2) is 18.2 Å². The SMILES string of the molecule is COc1ccc(CC(CN)CO)c(Cl)c1. The molecule has 1 unspecified atom stereocenters. The fourth-order valence-electron chi connectivity index (χ4n) is 1.35. The molecule has 0 saturated heterocycles. The zero-order valence-corrected chi connectivity index (χ0v) is 9.50. The predicted molar refractivity (Wildman–Crippen MR) is 61.3 cm³/mol. The number of aliphatic hydroxyl groups excluding tert-OH is 1. The first-order valence-electron chi connectivity index (χ1n) is 4.84.